The summed E-state index contributed by atoms with van der Waals surface area (Å²) in [6.07, 6.45) is 2.31. The molecule has 8 aromatic rings. The maximum atomic E-state index is 7.10. The maximum Gasteiger partial charge on any atom is 0.398 e. The van der Waals surface area contributed by atoms with E-state index in [4.69, 9.17) is 9.15 Å². The maximum absolute atomic E-state index is 7.10. The van der Waals surface area contributed by atoms with Gasteiger partial charge in [-0.05, 0) is 60.4 Å². The highest BCUT2D eigenvalue weighted by Gasteiger charge is 2.70. The van der Waals surface area contributed by atoms with E-state index in [2.05, 4.69) is 132 Å². The number of hydrogen-bond acceptors (Lipinski definition) is 2. The molecule has 0 saturated carbocycles. The molecule has 0 amide bonds. The van der Waals surface area contributed by atoms with E-state index in [-0.39, 0.29) is 5.41 Å². The molecule has 1 spiro atoms. The summed E-state index contributed by atoms with van der Waals surface area (Å²) < 4.78 is 23.6. The third-order valence-corrected chi connectivity index (χ3v) is 10.5. The highest BCUT2D eigenvalue weighted by atomic mass is 16.5. The molecule has 216 valence electrons. The van der Waals surface area contributed by atoms with Crippen molar-refractivity contribution in [3.8, 4) is 23.0 Å². The Balaban J connectivity index is 1.44. The lowest BCUT2D eigenvalue weighted by Gasteiger charge is -2.33. The molecule has 6 nitrogen and oxygen atoms in total. The zero-order chi connectivity index (χ0) is 30.1. The van der Waals surface area contributed by atoms with E-state index < -0.39 is 5.66 Å². The van der Waals surface area contributed by atoms with Crippen molar-refractivity contribution in [1.82, 2.24) is 9.25 Å². The summed E-state index contributed by atoms with van der Waals surface area (Å²) in [4.78, 5) is 0. The molecule has 3 aliphatic heterocycles. The first kappa shape index (κ1) is 24.0. The summed E-state index contributed by atoms with van der Waals surface area (Å²) in [5.74, 6) is 2.79. The monoisotopic (exact) mass is 586 g/mol. The van der Waals surface area contributed by atoms with Crippen LogP contribution in [0, 0.1) is 13.8 Å². The van der Waals surface area contributed by atoms with Gasteiger partial charge in [0.1, 0.15) is 22.5 Å². The Kier molecular flexibility index (Phi) is 3.89. The molecular formula is C39H30N4O2+2. The van der Waals surface area contributed by atoms with Crippen molar-refractivity contribution < 1.29 is 18.4 Å². The van der Waals surface area contributed by atoms with E-state index in [1.54, 1.807) is 0 Å². The first-order chi connectivity index (χ1) is 21.8. The number of aryl methyl sites for hydroxylation is 2. The average molecular weight is 587 g/mol. The van der Waals surface area contributed by atoms with Crippen molar-refractivity contribution >= 4 is 43.7 Å². The van der Waals surface area contributed by atoms with E-state index in [9.17, 15) is 0 Å². The molecule has 11 rings (SSSR count). The number of ether oxygens (including phenoxy) is 1. The summed E-state index contributed by atoms with van der Waals surface area (Å²) in [6, 6.07) is 30.8. The predicted molar refractivity (Wildman–Crippen MR) is 174 cm³/mol. The summed E-state index contributed by atoms with van der Waals surface area (Å²) in [7, 11) is 0. The van der Waals surface area contributed by atoms with Gasteiger partial charge in [-0.2, -0.15) is 9.13 Å². The number of para-hydroxylation sites is 2. The van der Waals surface area contributed by atoms with Gasteiger partial charge in [0.2, 0.25) is 5.69 Å². The van der Waals surface area contributed by atoms with Gasteiger partial charge in [0, 0.05) is 40.6 Å². The van der Waals surface area contributed by atoms with E-state index >= 15 is 0 Å². The fourth-order valence-corrected chi connectivity index (χ4v) is 8.74. The fourth-order valence-electron chi connectivity index (χ4n) is 8.74. The molecule has 0 bridgehead atoms. The van der Waals surface area contributed by atoms with Gasteiger partial charge in [-0.3, -0.25) is 0 Å². The number of benzene rings is 4. The minimum atomic E-state index is -0.737. The molecule has 0 radical (unpaired) electrons. The standard InChI is InChI=1S/C39H30N4O2/c1-21-18-22(2)43-39-33-29(42(21)43)20-27-25-11-7-9-13-30(25)44-36(27)37(33)45-31-15-14-26-24-10-6-8-12-28(24)41(35(26)34(31)39)32-19-23(38(3,4)5)16-17-40(32)39/h6-20H,1-5H3/q+2. The minimum Gasteiger partial charge on any atom is -0.452 e. The molecule has 1 atom stereocenters. The molecule has 6 heteroatoms. The van der Waals surface area contributed by atoms with E-state index in [0.717, 1.165) is 56.1 Å². The Morgan fingerprint density at radius 3 is 2.42 bits per heavy atom. The van der Waals surface area contributed by atoms with Gasteiger partial charge in [-0.15, -0.1) is 4.68 Å². The first-order valence-electron chi connectivity index (χ1n) is 15.7. The first-order valence-corrected chi connectivity index (χ1v) is 15.7. The normalized spacial score (nSPS) is 17.3. The molecule has 0 N–H and O–H groups in total. The summed E-state index contributed by atoms with van der Waals surface area (Å²) >= 11 is 0. The van der Waals surface area contributed by atoms with Crippen LogP contribution in [-0.4, -0.2) is 9.25 Å². The van der Waals surface area contributed by atoms with Crippen molar-refractivity contribution in [3.05, 3.63) is 119 Å². The molecule has 3 aliphatic rings. The zero-order valence-corrected chi connectivity index (χ0v) is 25.8. The number of furan rings is 1. The summed E-state index contributed by atoms with van der Waals surface area (Å²) in [5, 5.41) is 4.63. The van der Waals surface area contributed by atoms with Crippen LogP contribution in [-0.2, 0) is 11.1 Å². The van der Waals surface area contributed by atoms with Gasteiger partial charge in [-0.25, -0.2) is 0 Å². The van der Waals surface area contributed by atoms with Gasteiger partial charge in [0.25, 0.3) is 5.82 Å². The van der Waals surface area contributed by atoms with Crippen molar-refractivity contribution in [1.29, 1.82) is 0 Å². The van der Waals surface area contributed by atoms with Crippen LogP contribution in [0.4, 0.5) is 0 Å². The zero-order valence-electron chi connectivity index (χ0n) is 25.8. The largest absolute Gasteiger partial charge is 0.452 e. The quantitative estimate of drug-likeness (QED) is 0.169. The Morgan fingerprint density at radius 1 is 0.778 bits per heavy atom. The van der Waals surface area contributed by atoms with Gasteiger partial charge < -0.3 is 9.15 Å². The van der Waals surface area contributed by atoms with Crippen LogP contribution in [0.15, 0.2) is 95.5 Å². The lowest BCUT2D eigenvalue weighted by Crippen LogP contribution is -2.77. The Morgan fingerprint density at radius 2 is 1.58 bits per heavy atom. The number of hydrogen-bond donors (Lipinski definition) is 0. The third kappa shape index (κ3) is 2.48. The molecule has 7 heterocycles. The van der Waals surface area contributed by atoms with Crippen molar-refractivity contribution in [2.75, 3.05) is 0 Å². The van der Waals surface area contributed by atoms with Crippen molar-refractivity contribution in [2.24, 2.45) is 0 Å². The smallest absolute Gasteiger partial charge is 0.398 e. The molecule has 4 aromatic heterocycles. The number of pyridine rings is 1. The summed E-state index contributed by atoms with van der Waals surface area (Å²) in [5.41, 5.74) is 10.4. The highest BCUT2D eigenvalue weighted by molar-refractivity contribution is 6.13. The van der Waals surface area contributed by atoms with Gasteiger partial charge in [0.05, 0.1) is 11.9 Å². The molecule has 4 aromatic carbocycles. The van der Waals surface area contributed by atoms with E-state index in [1.807, 2.05) is 12.1 Å². The lowest BCUT2D eigenvalue weighted by molar-refractivity contribution is -0.995. The molecule has 0 fully saturated rings. The Hall–Kier alpha value is -5.36. The molecule has 0 aliphatic carbocycles. The van der Waals surface area contributed by atoms with Crippen LogP contribution in [0.2, 0.25) is 0 Å². The van der Waals surface area contributed by atoms with Gasteiger partial charge >= 0.3 is 5.66 Å². The topological polar surface area (TPSA) is 40.0 Å². The van der Waals surface area contributed by atoms with Crippen LogP contribution in [0.25, 0.3) is 55.2 Å². The molecule has 0 saturated heterocycles. The SMILES string of the molecule is Cc1cc(C)[n+]2n1-c1cc3c(oc4ccccc43)c3c1C21c2c(ccc4c5ccccc5n(c24)-c2cc(C(C)(C)C)cc[n+]21)O3. The van der Waals surface area contributed by atoms with Crippen LogP contribution >= 0.6 is 0 Å². The Bertz CT molecular complexity index is 2700. The molecule has 45 heavy (non-hydrogen) atoms. The predicted octanol–water partition coefficient (Wildman–Crippen LogP) is 7.99. The van der Waals surface area contributed by atoms with Crippen molar-refractivity contribution in [2.45, 2.75) is 45.7 Å². The Labute approximate surface area is 258 Å². The minimum absolute atomic E-state index is 0.0216. The van der Waals surface area contributed by atoms with Crippen molar-refractivity contribution in [3.63, 3.8) is 0 Å². The number of rotatable bonds is 0. The number of fused-ring (bicyclic) bond motifs is 11. The van der Waals surface area contributed by atoms with Gasteiger partial charge in [0.15, 0.2) is 28.0 Å². The van der Waals surface area contributed by atoms with E-state index in [0.29, 0.717) is 0 Å². The van der Waals surface area contributed by atoms with E-state index in [1.165, 1.54) is 38.8 Å². The number of nitrogens with zero attached hydrogens (tertiary/aromatic N) is 4. The third-order valence-electron chi connectivity index (χ3n) is 10.5. The fraction of sp³-hybridized carbons (Fsp3) is 0.179. The van der Waals surface area contributed by atoms with Crippen LogP contribution in [0.1, 0.15) is 48.8 Å². The average Bonchev–Trinajstić information content (AvgIpc) is 3.75. The van der Waals surface area contributed by atoms with Gasteiger partial charge in [-0.1, -0.05) is 55.8 Å². The second-order valence-electron chi connectivity index (χ2n) is 14.0. The molecule has 1 unspecified atom stereocenters. The molecular weight excluding hydrogens is 556 g/mol. The lowest BCUT2D eigenvalue weighted by atomic mass is 9.82. The highest BCUT2D eigenvalue weighted by Crippen LogP contribution is 2.58. The van der Waals surface area contributed by atoms with Crippen LogP contribution < -0.4 is 14.0 Å². The second-order valence-corrected chi connectivity index (χ2v) is 14.0. The van der Waals surface area contributed by atoms with Crippen LogP contribution in [0.3, 0.4) is 0 Å². The van der Waals surface area contributed by atoms with Crippen LogP contribution in [0.5, 0.6) is 11.5 Å². The number of aromatic nitrogens is 4. The summed E-state index contributed by atoms with van der Waals surface area (Å²) in [6.45, 7) is 11.3. The second kappa shape index (κ2) is 7.29.